The van der Waals surface area contributed by atoms with Crippen LogP contribution in [-0.2, 0) is 14.8 Å². The van der Waals surface area contributed by atoms with Crippen LogP contribution < -0.4 is 9.62 Å². The van der Waals surface area contributed by atoms with Crippen LogP contribution in [0.3, 0.4) is 0 Å². The molecule has 1 saturated heterocycles. The first-order valence-electron chi connectivity index (χ1n) is 8.26. The summed E-state index contributed by atoms with van der Waals surface area (Å²) in [4.78, 5) is 14.5. The summed E-state index contributed by atoms with van der Waals surface area (Å²) in [5.41, 5.74) is 3.18. The molecule has 2 aromatic carbocycles. The average molecular weight is 358 g/mol. The maximum Gasteiger partial charge on any atom is 0.245 e. The van der Waals surface area contributed by atoms with E-state index in [9.17, 15) is 13.2 Å². The van der Waals surface area contributed by atoms with Crippen LogP contribution in [0, 0.1) is 20.8 Å². The number of hydrogen-bond donors (Lipinski definition) is 1. The highest BCUT2D eigenvalue weighted by Gasteiger charge is 2.36. The highest BCUT2D eigenvalue weighted by atomic mass is 32.2. The highest BCUT2D eigenvalue weighted by Crippen LogP contribution is 2.25. The Bertz CT molecular complexity index is 885. The lowest BCUT2D eigenvalue weighted by Gasteiger charge is -2.18. The molecule has 1 unspecified atom stereocenters. The lowest BCUT2D eigenvalue weighted by molar-refractivity contribution is -0.118. The lowest BCUT2D eigenvalue weighted by atomic mass is 10.1. The summed E-state index contributed by atoms with van der Waals surface area (Å²) in [6, 6.07) is 12.3. The number of anilines is 1. The number of sulfonamides is 1. The third kappa shape index (κ3) is 3.45. The van der Waals surface area contributed by atoms with Crippen molar-refractivity contribution in [2.75, 3.05) is 11.4 Å². The van der Waals surface area contributed by atoms with E-state index in [4.69, 9.17) is 0 Å². The second kappa shape index (κ2) is 6.61. The fourth-order valence-electron chi connectivity index (χ4n) is 3.49. The van der Waals surface area contributed by atoms with Gasteiger partial charge in [-0.15, -0.1) is 0 Å². The number of hydrogen-bond acceptors (Lipinski definition) is 3. The molecule has 1 amide bonds. The van der Waals surface area contributed by atoms with Crippen LogP contribution >= 0.6 is 0 Å². The van der Waals surface area contributed by atoms with Gasteiger partial charge >= 0.3 is 0 Å². The molecule has 0 spiro atoms. The smallest absolute Gasteiger partial charge is 0.245 e. The molecule has 132 valence electrons. The van der Waals surface area contributed by atoms with Gasteiger partial charge in [0, 0.05) is 12.2 Å². The zero-order chi connectivity index (χ0) is 18.2. The average Bonchev–Trinajstić information content (AvgIpc) is 2.87. The number of carbonyl (C=O) groups is 1. The quantitative estimate of drug-likeness (QED) is 0.914. The van der Waals surface area contributed by atoms with Crippen LogP contribution in [0.25, 0.3) is 0 Å². The number of benzene rings is 2. The molecule has 0 aromatic heterocycles. The topological polar surface area (TPSA) is 66.5 Å². The number of nitrogens with zero attached hydrogens (tertiary/aromatic N) is 1. The SMILES string of the molecule is Cc1cc(C)c(S(=O)(=O)NC2CCN(c3ccccc3)C2=O)c(C)c1. The van der Waals surface area contributed by atoms with E-state index in [2.05, 4.69) is 4.72 Å². The largest absolute Gasteiger partial charge is 0.311 e. The van der Waals surface area contributed by atoms with Crippen molar-refractivity contribution in [3.05, 3.63) is 59.2 Å². The molecule has 3 rings (SSSR count). The lowest BCUT2D eigenvalue weighted by Crippen LogP contribution is -2.41. The third-order valence-corrected chi connectivity index (χ3v) is 6.22. The molecule has 1 N–H and O–H groups in total. The van der Waals surface area contributed by atoms with E-state index in [1.165, 1.54) is 0 Å². The van der Waals surface area contributed by atoms with Gasteiger partial charge in [0.05, 0.1) is 4.90 Å². The monoisotopic (exact) mass is 358 g/mol. The Morgan fingerprint density at radius 3 is 2.24 bits per heavy atom. The minimum Gasteiger partial charge on any atom is -0.311 e. The van der Waals surface area contributed by atoms with Gasteiger partial charge in [0.25, 0.3) is 0 Å². The van der Waals surface area contributed by atoms with Crippen molar-refractivity contribution in [3.8, 4) is 0 Å². The first kappa shape index (κ1) is 17.6. The fraction of sp³-hybridized carbons (Fsp3) is 0.316. The normalized spacial score (nSPS) is 18.0. The molecule has 1 heterocycles. The number of carbonyl (C=O) groups excluding carboxylic acids is 1. The van der Waals surface area contributed by atoms with Gasteiger partial charge in [-0.3, -0.25) is 4.79 Å². The number of para-hydroxylation sites is 1. The molecule has 1 aliphatic rings. The molecule has 0 bridgehead atoms. The Hall–Kier alpha value is -2.18. The molecule has 5 nitrogen and oxygen atoms in total. The molecule has 1 fully saturated rings. The van der Waals surface area contributed by atoms with Gasteiger partial charge in [-0.05, 0) is 50.5 Å². The van der Waals surface area contributed by atoms with Gasteiger partial charge in [-0.2, -0.15) is 4.72 Å². The number of aryl methyl sites for hydroxylation is 3. The van der Waals surface area contributed by atoms with Crippen molar-refractivity contribution < 1.29 is 13.2 Å². The van der Waals surface area contributed by atoms with Gasteiger partial charge in [0.15, 0.2) is 0 Å². The summed E-state index contributed by atoms with van der Waals surface area (Å²) in [5.74, 6) is -0.211. The Morgan fingerprint density at radius 2 is 1.64 bits per heavy atom. The van der Waals surface area contributed by atoms with Gasteiger partial charge < -0.3 is 4.90 Å². The van der Waals surface area contributed by atoms with Crippen molar-refractivity contribution in [2.24, 2.45) is 0 Å². The van der Waals surface area contributed by atoms with Crippen LogP contribution in [0.5, 0.6) is 0 Å². The maximum absolute atomic E-state index is 12.8. The minimum absolute atomic E-state index is 0.211. The standard InChI is InChI=1S/C19H22N2O3S/c1-13-11-14(2)18(15(3)12-13)25(23,24)20-17-9-10-21(19(17)22)16-7-5-4-6-8-16/h4-8,11-12,17,20H,9-10H2,1-3H3. The first-order chi connectivity index (χ1) is 11.8. The van der Waals surface area contributed by atoms with Crippen LogP contribution in [0.1, 0.15) is 23.1 Å². The van der Waals surface area contributed by atoms with Crippen LogP contribution in [0.2, 0.25) is 0 Å². The number of amides is 1. The van der Waals surface area contributed by atoms with Gasteiger partial charge in [-0.1, -0.05) is 35.9 Å². The second-order valence-electron chi connectivity index (χ2n) is 6.52. The predicted octanol–water partition coefficient (Wildman–Crippen LogP) is 2.70. The van der Waals surface area contributed by atoms with Gasteiger partial charge in [0.1, 0.15) is 6.04 Å². The van der Waals surface area contributed by atoms with E-state index < -0.39 is 16.1 Å². The Morgan fingerprint density at radius 1 is 1.04 bits per heavy atom. The number of rotatable bonds is 4. The van der Waals surface area contributed by atoms with Crippen LogP contribution in [-0.4, -0.2) is 26.9 Å². The van der Waals surface area contributed by atoms with Crippen LogP contribution in [0.4, 0.5) is 5.69 Å². The van der Waals surface area contributed by atoms with Gasteiger partial charge in [-0.25, -0.2) is 8.42 Å². The zero-order valence-electron chi connectivity index (χ0n) is 14.6. The summed E-state index contributed by atoms with van der Waals surface area (Å²) < 4.78 is 28.3. The summed E-state index contributed by atoms with van der Waals surface area (Å²) in [6.07, 6.45) is 0.455. The van der Waals surface area contributed by atoms with Crippen molar-refractivity contribution >= 4 is 21.6 Å². The Labute approximate surface area is 148 Å². The molecule has 6 heteroatoms. The van der Waals surface area contributed by atoms with E-state index in [1.807, 2.05) is 49.4 Å². The highest BCUT2D eigenvalue weighted by molar-refractivity contribution is 7.89. The van der Waals surface area contributed by atoms with Crippen molar-refractivity contribution in [1.82, 2.24) is 4.72 Å². The minimum atomic E-state index is -3.76. The number of nitrogens with one attached hydrogen (secondary N) is 1. The predicted molar refractivity (Wildman–Crippen MR) is 98.2 cm³/mol. The summed E-state index contributed by atoms with van der Waals surface area (Å²) in [7, 11) is -3.76. The molecule has 2 aromatic rings. The molecule has 0 aliphatic carbocycles. The molecule has 25 heavy (non-hydrogen) atoms. The van der Waals surface area contributed by atoms with E-state index >= 15 is 0 Å². The molecule has 0 radical (unpaired) electrons. The molecular formula is C19H22N2O3S. The summed E-state index contributed by atoms with van der Waals surface area (Å²) in [5, 5.41) is 0. The molecule has 1 aliphatic heterocycles. The Kier molecular flexibility index (Phi) is 4.67. The van der Waals surface area contributed by atoms with Crippen molar-refractivity contribution in [1.29, 1.82) is 0 Å². The van der Waals surface area contributed by atoms with E-state index in [0.717, 1.165) is 11.3 Å². The van der Waals surface area contributed by atoms with E-state index in [0.29, 0.717) is 24.1 Å². The maximum atomic E-state index is 12.8. The van der Waals surface area contributed by atoms with Crippen LogP contribution in [0.15, 0.2) is 47.4 Å². The van der Waals surface area contributed by atoms with E-state index in [1.54, 1.807) is 18.7 Å². The first-order valence-corrected chi connectivity index (χ1v) is 9.74. The van der Waals surface area contributed by atoms with Crippen molar-refractivity contribution in [3.63, 3.8) is 0 Å². The van der Waals surface area contributed by atoms with Gasteiger partial charge in [0.2, 0.25) is 15.9 Å². The third-order valence-electron chi connectivity index (χ3n) is 4.44. The fourth-order valence-corrected chi connectivity index (χ4v) is 5.17. The Balaban J connectivity index is 1.84. The molecule has 0 saturated carbocycles. The zero-order valence-corrected chi connectivity index (χ0v) is 15.4. The molecule has 1 atom stereocenters. The summed E-state index contributed by atoms with van der Waals surface area (Å²) >= 11 is 0. The van der Waals surface area contributed by atoms with E-state index in [-0.39, 0.29) is 10.8 Å². The van der Waals surface area contributed by atoms with Crippen molar-refractivity contribution in [2.45, 2.75) is 38.1 Å². The molecular weight excluding hydrogens is 336 g/mol. The summed E-state index contributed by atoms with van der Waals surface area (Å²) in [6.45, 7) is 5.99. The second-order valence-corrected chi connectivity index (χ2v) is 8.17.